The van der Waals surface area contributed by atoms with Crippen LogP contribution in [0.25, 0.3) is 10.9 Å². The Labute approximate surface area is 215 Å². The first kappa shape index (κ1) is 28.0. The summed E-state index contributed by atoms with van der Waals surface area (Å²) in [6.07, 6.45) is 0.785. The number of likely N-dealkylation sites (tertiary alicyclic amines) is 1. The summed E-state index contributed by atoms with van der Waals surface area (Å²) in [5, 5.41) is 24.9. The molecule has 0 bridgehead atoms. The van der Waals surface area contributed by atoms with Crippen LogP contribution in [0.4, 0.5) is 4.79 Å². The number of aliphatic hydroxyl groups is 1. The fourth-order valence-corrected chi connectivity index (χ4v) is 4.41. The average molecular weight is 517 g/mol. The van der Waals surface area contributed by atoms with E-state index in [1.165, 1.54) is 6.92 Å². The van der Waals surface area contributed by atoms with Crippen LogP contribution in [-0.2, 0) is 25.5 Å². The highest BCUT2D eigenvalue weighted by molar-refractivity contribution is 5.89. The van der Waals surface area contributed by atoms with E-state index in [0.29, 0.717) is 12.8 Å². The number of aliphatic carboxylic acids is 1. The number of carbonyl (C=O) groups excluding carboxylic acids is 3. The molecule has 1 aromatic carbocycles. The number of hydrogen-bond acceptors (Lipinski definition) is 6. The molecular formula is C26H36N4O7. The van der Waals surface area contributed by atoms with Crippen molar-refractivity contribution in [3.8, 4) is 0 Å². The van der Waals surface area contributed by atoms with Crippen LogP contribution in [0.1, 0.15) is 46.1 Å². The molecule has 3 amide bonds. The van der Waals surface area contributed by atoms with Gasteiger partial charge in [-0.15, -0.1) is 0 Å². The number of para-hydroxylation sites is 1. The van der Waals surface area contributed by atoms with E-state index in [1.54, 1.807) is 25.7 Å². The Hall–Kier alpha value is -3.60. The molecule has 1 aliphatic heterocycles. The Morgan fingerprint density at radius 1 is 1.14 bits per heavy atom. The van der Waals surface area contributed by atoms with Crippen molar-refractivity contribution >= 4 is 34.8 Å². The SMILES string of the molecule is CC(O)C(NC(=O)C1CCN(C(=O)C(Cc2c[nH]c3ccccc23)NC(=O)OC(C)(C)C)CC1)C(=O)O. The van der Waals surface area contributed by atoms with Crippen LogP contribution in [0, 0.1) is 5.92 Å². The largest absolute Gasteiger partial charge is 0.480 e. The number of nitrogens with zero attached hydrogens (tertiary/aromatic N) is 1. The van der Waals surface area contributed by atoms with E-state index >= 15 is 0 Å². The van der Waals surface area contributed by atoms with Crippen LogP contribution in [0.3, 0.4) is 0 Å². The Balaban J connectivity index is 1.69. The van der Waals surface area contributed by atoms with Crippen LogP contribution in [-0.4, -0.2) is 80.9 Å². The van der Waals surface area contributed by atoms with E-state index in [2.05, 4.69) is 15.6 Å². The first-order valence-electron chi connectivity index (χ1n) is 12.4. The zero-order valence-corrected chi connectivity index (χ0v) is 21.6. The summed E-state index contributed by atoms with van der Waals surface area (Å²) in [5.41, 5.74) is 1.06. The van der Waals surface area contributed by atoms with Gasteiger partial charge >= 0.3 is 12.1 Å². The minimum atomic E-state index is -1.40. The summed E-state index contributed by atoms with van der Waals surface area (Å²) in [6, 6.07) is 5.40. The topological polar surface area (TPSA) is 161 Å². The van der Waals surface area contributed by atoms with Gasteiger partial charge in [-0.2, -0.15) is 0 Å². The van der Waals surface area contributed by atoms with E-state index in [-0.39, 0.29) is 25.4 Å². The van der Waals surface area contributed by atoms with Gasteiger partial charge in [0.1, 0.15) is 11.6 Å². The molecule has 1 saturated heterocycles. The van der Waals surface area contributed by atoms with E-state index in [9.17, 15) is 29.4 Å². The number of alkyl carbamates (subject to hydrolysis) is 1. The summed E-state index contributed by atoms with van der Waals surface area (Å²) in [6.45, 7) is 7.06. The predicted octanol–water partition coefficient (Wildman–Crippen LogP) is 1.79. The van der Waals surface area contributed by atoms with E-state index in [0.717, 1.165) is 16.5 Å². The maximum Gasteiger partial charge on any atom is 0.408 e. The molecule has 1 fully saturated rings. The fraction of sp³-hybridized carbons (Fsp3) is 0.538. The third-order valence-corrected chi connectivity index (χ3v) is 6.31. The maximum absolute atomic E-state index is 13.5. The van der Waals surface area contributed by atoms with Crippen molar-refractivity contribution in [1.29, 1.82) is 0 Å². The van der Waals surface area contributed by atoms with Crippen molar-refractivity contribution in [2.24, 2.45) is 5.92 Å². The van der Waals surface area contributed by atoms with Crippen molar-refractivity contribution in [3.05, 3.63) is 36.0 Å². The number of nitrogens with one attached hydrogen (secondary N) is 3. The minimum absolute atomic E-state index is 0.247. The number of amides is 3. The smallest absolute Gasteiger partial charge is 0.408 e. The van der Waals surface area contributed by atoms with Crippen molar-refractivity contribution in [3.63, 3.8) is 0 Å². The number of rotatable bonds is 8. The number of fused-ring (bicyclic) bond motifs is 1. The zero-order chi connectivity index (χ0) is 27.3. The summed E-state index contributed by atoms with van der Waals surface area (Å²) in [7, 11) is 0. The van der Waals surface area contributed by atoms with Gasteiger partial charge in [-0.1, -0.05) is 18.2 Å². The standard InChI is InChI=1S/C26H36N4O7/c1-15(31)21(24(34)35)29-22(32)16-9-11-30(12-10-16)23(33)20(28-25(36)37-26(2,3)4)13-17-14-27-19-8-6-5-7-18(17)19/h5-8,14-16,20-21,27,31H,9-13H2,1-4H3,(H,28,36)(H,29,32)(H,34,35). The van der Waals surface area contributed by atoms with Crippen molar-refractivity contribution < 1.29 is 34.1 Å². The number of hydrogen-bond donors (Lipinski definition) is 5. The van der Waals surface area contributed by atoms with Crippen LogP contribution in [0.2, 0.25) is 0 Å². The number of carbonyl (C=O) groups is 4. The van der Waals surface area contributed by atoms with Gasteiger partial charge in [0.25, 0.3) is 0 Å². The number of carboxylic acids is 1. The van der Waals surface area contributed by atoms with Crippen LogP contribution < -0.4 is 10.6 Å². The normalized spacial score (nSPS) is 17.1. The molecule has 1 aromatic heterocycles. The lowest BCUT2D eigenvalue weighted by Crippen LogP contribution is -2.54. The van der Waals surface area contributed by atoms with Crippen LogP contribution in [0.5, 0.6) is 0 Å². The quantitative estimate of drug-likeness (QED) is 0.357. The molecule has 11 nitrogen and oxygen atoms in total. The second-order valence-corrected chi connectivity index (χ2v) is 10.4. The van der Waals surface area contributed by atoms with Crippen molar-refractivity contribution in [1.82, 2.24) is 20.5 Å². The lowest BCUT2D eigenvalue weighted by Gasteiger charge is -2.34. The summed E-state index contributed by atoms with van der Waals surface area (Å²) >= 11 is 0. The Kier molecular flexibility index (Phi) is 8.80. The minimum Gasteiger partial charge on any atom is -0.480 e. The molecule has 0 radical (unpaired) electrons. The van der Waals surface area contributed by atoms with Gasteiger partial charge in [0.15, 0.2) is 6.04 Å². The lowest BCUT2D eigenvalue weighted by atomic mass is 9.94. The molecule has 37 heavy (non-hydrogen) atoms. The molecule has 0 saturated carbocycles. The highest BCUT2D eigenvalue weighted by Crippen LogP contribution is 2.22. The molecule has 2 heterocycles. The zero-order valence-electron chi connectivity index (χ0n) is 21.6. The third kappa shape index (κ3) is 7.45. The molecule has 3 atom stereocenters. The van der Waals surface area contributed by atoms with E-state index in [4.69, 9.17) is 4.74 Å². The van der Waals surface area contributed by atoms with Crippen LogP contribution in [0.15, 0.2) is 30.5 Å². The number of H-pyrrole nitrogens is 1. The first-order chi connectivity index (χ1) is 17.4. The van der Waals surface area contributed by atoms with Crippen molar-refractivity contribution in [2.75, 3.05) is 13.1 Å². The monoisotopic (exact) mass is 516 g/mol. The number of benzene rings is 1. The number of carboxylic acid groups (broad SMARTS) is 1. The predicted molar refractivity (Wildman–Crippen MR) is 136 cm³/mol. The molecule has 2 aromatic rings. The number of aliphatic hydroxyl groups excluding tert-OH is 1. The van der Waals surface area contributed by atoms with Gasteiger partial charge in [0.2, 0.25) is 11.8 Å². The highest BCUT2D eigenvalue weighted by Gasteiger charge is 2.34. The molecule has 5 N–H and O–H groups in total. The Bertz CT molecular complexity index is 1130. The molecular weight excluding hydrogens is 480 g/mol. The van der Waals surface area contributed by atoms with Gasteiger partial charge in [-0.3, -0.25) is 9.59 Å². The van der Waals surface area contributed by atoms with Gasteiger partial charge in [0, 0.05) is 42.5 Å². The molecule has 1 aliphatic rings. The third-order valence-electron chi connectivity index (χ3n) is 6.31. The number of aromatic amines is 1. The summed E-state index contributed by atoms with van der Waals surface area (Å²) in [4.78, 5) is 54.7. The molecule has 202 valence electrons. The first-order valence-corrected chi connectivity index (χ1v) is 12.4. The second-order valence-electron chi connectivity index (χ2n) is 10.4. The van der Waals surface area contributed by atoms with Gasteiger partial charge < -0.3 is 35.5 Å². The fourth-order valence-electron chi connectivity index (χ4n) is 4.41. The lowest BCUT2D eigenvalue weighted by molar-refractivity contribution is -0.146. The van der Waals surface area contributed by atoms with E-state index in [1.807, 2.05) is 30.5 Å². The van der Waals surface area contributed by atoms with E-state index < -0.39 is 47.7 Å². The van der Waals surface area contributed by atoms with Crippen molar-refractivity contribution in [2.45, 2.75) is 70.7 Å². The number of piperidine rings is 1. The maximum atomic E-state index is 13.5. The molecule has 3 unspecified atom stereocenters. The second kappa shape index (κ2) is 11.6. The Morgan fingerprint density at radius 2 is 1.78 bits per heavy atom. The molecule has 11 heteroatoms. The highest BCUT2D eigenvalue weighted by atomic mass is 16.6. The average Bonchev–Trinajstić information content (AvgIpc) is 3.23. The van der Waals surface area contributed by atoms with Crippen LogP contribution >= 0.6 is 0 Å². The summed E-state index contributed by atoms with van der Waals surface area (Å²) in [5.74, 6) is -2.56. The number of ether oxygens (including phenoxy) is 1. The number of aromatic nitrogens is 1. The summed E-state index contributed by atoms with van der Waals surface area (Å²) < 4.78 is 5.39. The van der Waals surface area contributed by atoms with Gasteiger partial charge in [-0.05, 0) is 52.2 Å². The van der Waals surface area contributed by atoms with Gasteiger partial charge in [0.05, 0.1) is 6.10 Å². The molecule has 0 aliphatic carbocycles. The van der Waals surface area contributed by atoms with Gasteiger partial charge in [-0.25, -0.2) is 9.59 Å². The Morgan fingerprint density at radius 3 is 2.38 bits per heavy atom. The molecule has 3 rings (SSSR count). The molecule has 0 spiro atoms.